The lowest BCUT2D eigenvalue weighted by molar-refractivity contribution is -0.936. The molecule has 1 unspecified atom stereocenters. The molecule has 2 aliphatic rings. The van der Waals surface area contributed by atoms with Crippen LogP contribution in [0.15, 0.2) is 24.3 Å². The summed E-state index contributed by atoms with van der Waals surface area (Å²) in [6.07, 6.45) is 0.718. The molecule has 2 aliphatic heterocycles. The fraction of sp³-hybridized carbons (Fsp3) is 0.450. The van der Waals surface area contributed by atoms with E-state index >= 15 is 0 Å². The SMILES string of the molecule is CCOc1ccccc1[C@@H]1NC(=O)c2c(sc3c2CC[NH+](C(C)C)C3)N1. The number of benzene rings is 1. The minimum Gasteiger partial charge on any atom is -0.493 e. The van der Waals surface area contributed by atoms with Crippen molar-refractivity contribution in [2.24, 2.45) is 0 Å². The molecular formula is C20H26N3O2S+. The van der Waals surface area contributed by atoms with E-state index in [9.17, 15) is 4.79 Å². The lowest BCUT2D eigenvalue weighted by Crippen LogP contribution is -3.14. The number of para-hydroxylation sites is 1. The number of rotatable bonds is 4. The first-order chi connectivity index (χ1) is 12.6. The second-order valence-electron chi connectivity index (χ2n) is 7.22. The predicted molar refractivity (Wildman–Crippen MR) is 104 cm³/mol. The third-order valence-electron chi connectivity index (χ3n) is 5.30. The van der Waals surface area contributed by atoms with Gasteiger partial charge >= 0.3 is 0 Å². The van der Waals surface area contributed by atoms with Crippen molar-refractivity contribution in [1.29, 1.82) is 0 Å². The molecule has 1 amide bonds. The quantitative estimate of drug-likeness (QED) is 0.772. The molecule has 0 spiro atoms. The highest BCUT2D eigenvalue weighted by Crippen LogP contribution is 2.40. The van der Waals surface area contributed by atoms with Gasteiger partial charge in [-0.05, 0) is 32.4 Å². The molecule has 6 heteroatoms. The monoisotopic (exact) mass is 372 g/mol. The van der Waals surface area contributed by atoms with Gasteiger partial charge in [0.25, 0.3) is 5.91 Å². The molecule has 3 heterocycles. The van der Waals surface area contributed by atoms with Gasteiger partial charge in [0.2, 0.25) is 0 Å². The molecule has 138 valence electrons. The van der Waals surface area contributed by atoms with E-state index in [1.165, 1.54) is 10.4 Å². The van der Waals surface area contributed by atoms with Gasteiger partial charge in [-0.15, -0.1) is 11.3 Å². The fourth-order valence-electron chi connectivity index (χ4n) is 3.87. The minimum atomic E-state index is -0.258. The Morgan fingerprint density at radius 2 is 2.12 bits per heavy atom. The Morgan fingerprint density at radius 3 is 2.88 bits per heavy atom. The van der Waals surface area contributed by atoms with E-state index < -0.39 is 0 Å². The lowest BCUT2D eigenvalue weighted by Gasteiger charge is -2.29. The van der Waals surface area contributed by atoms with Crippen LogP contribution in [0.1, 0.15) is 53.3 Å². The number of quaternary nitrogens is 1. The standard InChI is InChI=1S/C20H25N3O2S/c1-4-25-15-8-6-5-7-13(15)18-21-19(24)17-14-9-10-23(12(2)3)11-16(14)26-20(17)22-18/h5-8,12,18,22H,4,9-11H2,1-3H3,(H,21,24)/p+1/t18-/m1/s1. The van der Waals surface area contributed by atoms with Gasteiger partial charge in [0.15, 0.2) is 0 Å². The molecule has 0 saturated heterocycles. The van der Waals surface area contributed by atoms with Gasteiger partial charge in [-0.3, -0.25) is 4.79 Å². The van der Waals surface area contributed by atoms with E-state index in [0.717, 1.165) is 41.4 Å². The summed E-state index contributed by atoms with van der Waals surface area (Å²) in [5, 5.41) is 7.67. The molecule has 3 N–H and O–H groups in total. The maximum absolute atomic E-state index is 12.9. The fourth-order valence-corrected chi connectivity index (χ4v) is 5.19. The molecule has 0 aliphatic carbocycles. The van der Waals surface area contributed by atoms with Crippen molar-refractivity contribution >= 4 is 22.2 Å². The number of amides is 1. The van der Waals surface area contributed by atoms with Crippen molar-refractivity contribution in [3.05, 3.63) is 45.8 Å². The number of thiophene rings is 1. The van der Waals surface area contributed by atoms with E-state index in [-0.39, 0.29) is 12.1 Å². The van der Waals surface area contributed by atoms with E-state index in [4.69, 9.17) is 4.74 Å². The maximum Gasteiger partial charge on any atom is 0.256 e. The van der Waals surface area contributed by atoms with Crippen LogP contribution in [0.5, 0.6) is 5.75 Å². The summed E-state index contributed by atoms with van der Waals surface area (Å²) in [5.41, 5.74) is 3.07. The van der Waals surface area contributed by atoms with Crippen LogP contribution in [-0.2, 0) is 13.0 Å². The summed E-state index contributed by atoms with van der Waals surface area (Å²) in [4.78, 5) is 15.8. The minimum absolute atomic E-state index is 0.0283. The molecule has 5 nitrogen and oxygen atoms in total. The van der Waals surface area contributed by atoms with E-state index in [1.807, 2.05) is 31.2 Å². The van der Waals surface area contributed by atoms with Gasteiger partial charge in [-0.1, -0.05) is 18.2 Å². The summed E-state index contributed by atoms with van der Waals surface area (Å²) < 4.78 is 5.74. The second kappa shape index (κ2) is 6.93. The summed E-state index contributed by atoms with van der Waals surface area (Å²) in [6, 6.07) is 8.50. The summed E-state index contributed by atoms with van der Waals surface area (Å²) in [7, 11) is 0. The first-order valence-electron chi connectivity index (χ1n) is 9.36. The Balaban J connectivity index is 1.65. The van der Waals surface area contributed by atoms with Gasteiger partial charge < -0.3 is 20.3 Å². The molecular weight excluding hydrogens is 346 g/mol. The molecule has 0 bridgehead atoms. The molecule has 2 atom stereocenters. The summed E-state index contributed by atoms with van der Waals surface area (Å²) in [5.74, 6) is 0.841. The average molecular weight is 373 g/mol. The van der Waals surface area contributed by atoms with Crippen molar-refractivity contribution < 1.29 is 14.4 Å². The van der Waals surface area contributed by atoms with Crippen molar-refractivity contribution in [2.45, 2.75) is 45.9 Å². The van der Waals surface area contributed by atoms with Crippen LogP contribution >= 0.6 is 11.3 Å². The van der Waals surface area contributed by atoms with Crippen LogP contribution in [0.3, 0.4) is 0 Å². The number of fused-ring (bicyclic) bond motifs is 3. The lowest BCUT2D eigenvalue weighted by atomic mass is 9.99. The normalized spacial score (nSPS) is 21.6. The summed E-state index contributed by atoms with van der Waals surface area (Å²) >= 11 is 1.75. The zero-order chi connectivity index (χ0) is 18.3. The molecule has 1 aromatic carbocycles. The van der Waals surface area contributed by atoms with E-state index in [2.05, 4.69) is 24.5 Å². The first kappa shape index (κ1) is 17.4. The van der Waals surface area contributed by atoms with Crippen molar-refractivity contribution in [1.82, 2.24) is 5.32 Å². The highest BCUT2D eigenvalue weighted by Gasteiger charge is 2.35. The van der Waals surface area contributed by atoms with Crippen molar-refractivity contribution in [3.8, 4) is 5.75 Å². The Morgan fingerprint density at radius 1 is 1.31 bits per heavy atom. The van der Waals surface area contributed by atoms with Crippen molar-refractivity contribution in [3.63, 3.8) is 0 Å². The van der Waals surface area contributed by atoms with Crippen LogP contribution in [0.25, 0.3) is 0 Å². The predicted octanol–water partition coefficient (Wildman–Crippen LogP) is 2.35. The van der Waals surface area contributed by atoms with Gasteiger partial charge in [0.1, 0.15) is 23.5 Å². The zero-order valence-electron chi connectivity index (χ0n) is 15.5. The Kier molecular flexibility index (Phi) is 4.63. The zero-order valence-corrected chi connectivity index (χ0v) is 16.3. The molecule has 0 saturated carbocycles. The molecule has 0 fully saturated rings. The third kappa shape index (κ3) is 2.97. The van der Waals surface area contributed by atoms with Gasteiger partial charge in [0, 0.05) is 12.0 Å². The highest BCUT2D eigenvalue weighted by atomic mass is 32.1. The molecule has 2 aromatic rings. The number of hydrogen-bond acceptors (Lipinski definition) is 4. The first-order valence-corrected chi connectivity index (χ1v) is 10.2. The largest absolute Gasteiger partial charge is 0.493 e. The van der Waals surface area contributed by atoms with Crippen LogP contribution < -0.4 is 20.3 Å². The van der Waals surface area contributed by atoms with Gasteiger partial charge in [0.05, 0.1) is 29.6 Å². The maximum atomic E-state index is 12.9. The van der Waals surface area contributed by atoms with Crippen LogP contribution in [0.4, 0.5) is 5.00 Å². The van der Waals surface area contributed by atoms with E-state index in [0.29, 0.717) is 12.6 Å². The van der Waals surface area contributed by atoms with Gasteiger partial charge in [-0.25, -0.2) is 0 Å². The summed E-state index contributed by atoms with van der Waals surface area (Å²) in [6.45, 7) is 9.21. The smallest absolute Gasteiger partial charge is 0.256 e. The number of carbonyl (C=O) groups excluding carboxylic acids is 1. The number of carbonyl (C=O) groups is 1. The topological polar surface area (TPSA) is 54.8 Å². The number of anilines is 1. The Labute approximate surface area is 158 Å². The highest BCUT2D eigenvalue weighted by molar-refractivity contribution is 7.16. The average Bonchev–Trinajstić information content (AvgIpc) is 3.00. The molecule has 4 rings (SSSR count). The number of nitrogens with one attached hydrogen (secondary N) is 3. The van der Waals surface area contributed by atoms with Gasteiger partial charge in [-0.2, -0.15) is 0 Å². The Hall–Kier alpha value is -2.05. The number of ether oxygens (including phenoxy) is 1. The number of hydrogen-bond donors (Lipinski definition) is 3. The molecule has 26 heavy (non-hydrogen) atoms. The van der Waals surface area contributed by atoms with E-state index in [1.54, 1.807) is 16.2 Å². The van der Waals surface area contributed by atoms with Crippen LogP contribution in [-0.4, -0.2) is 25.1 Å². The van der Waals surface area contributed by atoms with Crippen LogP contribution in [0, 0.1) is 0 Å². The second-order valence-corrected chi connectivity index (χ2v) is 8.32. The van der Waals surface area contributed by atoms with Crippen molar-refractivity contribution in [2.75, 3.05) is 18.5 Å². The molecule has 1 aromatic heterocycles. The third-order valence-corrected chi connectivity index (χ3v) is 6.46. The Bertz CT molecular complexity index is 830. The molecule has 0 radical (unpaired) electrons. The van der Waals surface area contributed by atoms with Crippen LogP contribution in [0.2, 0.25) is 0 Å².